The number of allylic oxidation sites excluding steroid dienone is 1. The fourth-order valence-corrected chi connectivity index (χ4v) is 4.06. The van der Waals surface area contributed by atoms with E-state index in [0.29, 0.717) is 21.6 Å². The van der Waals surface area contributed by atoms with E-state index in [4.69, 9.17) is 23.2 Å². The number of carbonyl (C=O) groups excluding carboxylic acids is 1. The summed E-state index contributed by atoms with van der Waals surface area (Å²) in [7, 11) is 0. The first-order valence-corrected chi connectivity index (χ1v) is 11.8. The summed E-state index contributed by atoms with van der Waals surface area (Å²) < 4.78 is 1.67. The molecule has 2 heterocycles. The van der Waals surface area contributed by atoms with Crippen molar-refractivity contribution in [3.8, 4) is 0 Å². The minimum absolute atomic E-state index is 0.0608. The van der Waals surface area contributed by atoms with E-state index in [-0.39, 0.29) is 17.7 Å². The van der Waals surface area contributed by atoms with Gasteiger partial charge in [-0.05, 0) is 53.1 Å². The highest BCUT2D eigenvalue weighted by Gasteiger charge is 2.25. The molecule has 0 radical (unpaired) electrons. The van der Waals surface area contributed by atoms with Gasteiger partial charge in [0.15, 0.2) is 0 Å². The van der Waals surface area contributed by atoms with E-state index in [1.807, 2.05) is 30.3 Å². The lowest BCUT2D eigenvalue weighted by atomic mass is 10.0. The Morgan fingerprint density at radius 3 is 2.46 bits per heavy atom. The number of aromatic nitrogens is 3. The van der Waals surface area contributed by atoms with Crippen molar-refractivity contribution < 1.29 is 9.72 Å². The first-order chi connectivity index (χ1) is 17.9. The number of nitrogens with one attached hydrogen (secondary N) is 2. The lowest BCUT2D eigenvalue weighted by molar-refractivity contribution is -0.384. The third-order valence-electron chi connectivity index (χ3n) is 5.58. The van der Waals surface area contributed by atoms with Crippen LogP contribution in [-0.2, 0) is 4.79 Å². The van der Waals surface area contributed by atoms with E-state index in [0.717, 1.165) is 16.8 Å². The Balaban J connectivity index is 1.41. The predicted molar refractivity (Wildman–Crippen MR) is 143 cm³/mol. The number of nitrogens with zero attached hydrogens (tertiary/aromatic N) is 4. The van der Waals surface area contributed by atoms with Crippen molar-refractivity contribution in [1.82, 2.24) is 14.8 Å². The van der Waals surface area contributed by atoms with Gasteiger partial charge in [-0.1, -0.05) is 59.6 Å². The molecule has 5 rings (SSSR count). The lowest BCUT2D eigenvalue weighted by Crippen LogP contribution is -2.20. The summed E-state index contributed by atoms with van der Waals surface area (Å²) in [5, 5.41) is 22.6. The van der Waals surface area contributed by atoms with E-state index in [1.54, 1.807) is 41.1 Å². The first-order valence-electron chi connectivity index (χ1n) is 11.1. The normalized spacial score (nSPS) is 14.5. The number of non-ortho nitro benzene ring substituents is 1. The zero-order valence-corrected chi connectivity index (χ0v) is 20.5. The summed E-state index contributed by atoms with van der Waals surface area (Å²) in [6, 6.07) is 20.4. The molecule has 0 saturated heterocycles. The van der Waals surface area contributed by atoms with Gasteiger partial charge in [-0.15, -0.1) is 5.10 Å². The zero-order valence-electron chi connectivity index (χ0n) is 19.0. The molecule has 2 N–H and O–H groups in total. The van der Waals surface area contributed by atoms with Crippen LogP contribution in [0.15, 0.2) is 84.9 Å². The lowest BCUT2D eigenvalue weighted by Gasteiger charge is -2.24. The highest BCUT2D eigenvalue weighted by Crippen LogP contribution is 2.34. The average molecular weight is 533 g/mol. The van der Waals surface area contributed by atoms with Crippen molar-refractivity contribution in [2.45, 2.75) is 6.04 Å². The van der Waals surface area contributed by atoms with E-state index >= 15 is 0 Å². The quantitative estimate of drug-likeness (QED) is 0.173. The number of anilines is 2. The van der Waals surface area contributed by atoms with Gasteiger partial charge in [0.2, 0.25) is 5.95 Å². The Morgan fingerprint density at radius 1 is 1.05 bits per heavy atom. The second kappa shape index (κ2) is 10.3. The SMILES string of the molecule is O=C(C=Cc1cccc([N+](=O)[O-])c1)Nc1nc2n(n1)C(c1ccc(Cl)cc1)C=C(c1ccc(Cl)cc1)N2. The maximum Gasteiger partial charge on any atom is 0.270 e. The summed E-state index contributed by atoms with van der Waals surface area (Å²) in [6.07, 6.45) is 4.75. The summed E-state index contributed by atoms with van der Waals surface area (Å²) in [5.41, 5.74) is 3.09. The van der Waals surface area contributed by atoms with E-state index in [2.05, 4.69) is 20.7 Å². The molecule has 1 aromatic heterocycles. The third kappa shape index (κ3) is 5.53. The Labute approximate surface area is 221 Å². The molecule has 4 aromatic rings. The molecule has 1 aliphatic rings. The smallest absolute Gasteiger partial charge is 0.270 e. The van der Waals surface area contributed by atoms with Crippen LogP contribution >= 0.6 is 23.2 Å². The van der Waals surface area contributed by atoms with Gasteiger partial charge >= 0.3 is 0 Å². The van der Waals surface area contributed by atoms with Crippen molar-refractivity contribution >= 4 is 58.5 Å². The van der Waals surface area contributed by atoms with Crippen LogP contribution < -0.4 is 10.6 Å². The average Bonchev–Trinajstić information content (AvgIpc) is 3.30. The first kappa shape index (κ1) is 24.2. The van der Waals surface area contributed by atoms with Crippen molar-refractivity contribution in [1.29, 1.82) is 0 Å². The van der Waals surface area contributed by atoms with Crippen molar-refractivity contribution in [3.63, 3.8) is 0 Å². The number of halogens is 2. The number of nitro groups is 1. The van der Waals surface area contributed by atoms with Crippen LogP contribution in [0.2, 0.25) is 10.0 Å². The maximum absolute atomic E-state index is 12.5. The van der Waals surface area contributed by atoms with Gasteiger partial charge in [-0.25, -0.2) is 4.68 Å². The predicted octanol–water partition coefficient (Wildman–Crippen LogP) is 6.20. The summed E-state index contributed by atoms with van der Waals surface area (Å²) in [6.45, 7) is 0. The molecule has 184 valence electrons. The van der Waals surface area contributed by atoms with E-state index in [9.17, 15) is 14.9 Å². The number of hydrogen-bond acceptors (Lipinski definition) is 6. The van der Waals surface area contributed by atoms with E-state index < -0.39 is 10.8 Å². The molecule has 0 fully saturated rings. The number of nitro benzene ring substituents is 1. The molecule has 1 unspecified atom stereocenters. The van der Waals surface area contributed by atoms with Gasteiger partial charge in [0.1, 0.15) is 6.04 Å². The molecule has 1 amide bonds. The molecular formula is C26H18Cl2N6O3. The molecule has 0 aliphatic carbocycles. The fourth-order valence-electron chi connectivity index (χ4n) is 3.81. The fraction of sp³-hybridized carbons (Fsp3) is 0.0385. The molecule has 37 heavy (non-hydrogen) atoms. The van der Waals surface area contributed by atoms with E-state index in [1.165, 1.54) is 24.3 Å². The third-order valence-corrected chi connectivity index (χ3v) is 6.08. The van der Waals surface area contributed by atoms with Crippen LogP contribution in [0, 0.1) is 10.1 Å². The second-order valence-corrected chi connectivity index (χ2v) is 8.96. The number of carbonyl (C=O) groups is 1. The monoisotopic (exact) mass is 532 g/mol. The number of hydrogen-bond donors (Lipinski definition) is 2. The number of benzene rings is 3. The molecule has 0 bridgehead atoms. The van der Waals surface area contributed by atoms with Crippen molar-refractivity contribution in [3.05, 3.63) is 122 Å². The topological polar surface area (TPSA) is 115 Å². The van der Waals surface area contributed by atoms with Crippen LogP contribution in [-0.4, -0.2) is 25.6 Å². The van der Waals surface area contributed by atoms with Gasteiger partial charge in [0.05, 0.1) is 4.92 Å². The Morgan fingerprint density at radius 2 is 1.76 bits per heavy atom. The van der Waals surface area contributed by atoms with Gasteiger partial charge in [-0.3, -0.25) is 20.2 Å². The highest BCUT2D eigenvalue weighted by atomic mass is 35.5. The number of fused-ring (bicyclic) bond motifs is 1. The highest BCUT2D eigenvalue weighted by molar-refractivity contribution is 6.30. The molecule has 1 aliphatic heterocycles. The molecule has 0 saturated carbocycles. The van der Waals surface area contributed by atoms with Crippen LogP contribution in [0.4, 0.5) is 17.6 Å². The zero-order chi connectivity index (χ0) is 25.9. The van der Waals surface area contributed by atoms with Crippen LogP contribution in [0.1, 0.15) is 22.7 Å². The number of rotatable bonds is 6. The largest absolute Gasteiger partial charge is 0.324 e. The van der Waals surface area contributed by atoms with Crippen LogP contribution in [0.25, 0.3) is 11.8 Å². The van der Waals surface area contributed by atoms with Gasteiger partial charge in [0, 0.05) is 34.0 Å². The summed E-state index contributed by atoms with van der Waals surface area (Å²) in [5.74, 6) is 0.0506. The maximum atomic E-state index is 12.5. The Hall–Kier alpha value is -4.47. The van der Waals surface area contributed by atoms with Gasteiger partial charge < -0.3 is 5.32 Å². The standard InChI is InChI=1S/C26H18Cl2N6O3/c27-19-9-5-17(6-10-19)22-15-23(18-7-11-20(28)12-8-18)33-26(29-22)31-25(32-33)30-24(35)13-4-16-2-1-3-21(14-16)34(36)37/h1-15,23H,(H2,29,30,31,32,35). The number of amides is 1. The molecule has 0 spiro atoms. The van der Waals surface area contributed by atoms with Crippen LogP contribution in [0.5, 0.6) is 0 Å². The molecule has 11 heteroatoms. The van der Waals surface area contributed by atoms with Gasteiger partial charge in [-0.2, -0.15) is 4.98 Å². The molecule has 3 aromatic carbocycles. The van der Waals surface area contributed by atoms with Crippen LogP contribution in [0.3, 0.4) is 0 Å². The Kier molecular flexibility index (Phi) is 6.72. The second-order valence-electron chi connectivity index (χ2n) is 8.09. The minimum Gasteiger partial charge on any atom is -0.324 e. The summed E-state index contributed by atoms with van der Waals surface area (Å²) >= 11 is 12.1. The van der Waals surface area contributed by atoms with Crippen molar-refractivity contribution in [2.75, 3.05) is 10.6 Å². The Bertz CT molecular complexity index is 1550. The molecule has 1 atom stereocenters. The molecule has 9 nitrogen and oxygen atoms in total. The minimum atomic E-state index is -0.493. The summed E-state index contributed by atoms with van der Waals surface area (Å²) in [4.78, 5) is 27.5. The van der Waals surface area contributed by atoms with Crippen molar-refractivity contribution in [2.24, 2.45) is 0 Å². The molecular weight excluding hydrogens is 515 g/mol. The van der Waals surface area contributed by atoms with Gasteiger partial charge in [0.25, 0.3) is 17.5 Å².